The van der Waals surface area contributed by atoms with Gasteiger partial charge in [0.05, 0.1) is 6.61 Å². The minimum absolute atomic E-state index is 0.137. The van der Waals surface area contributed by atoms with Crippen LogP contribution in [0.15, 0.2) is 36.4 Å². The zero-order chi connectivity index (χ0) is 19.7. The maximum absolute atomic E-state index is 14.4. The summed E-state index contributed by atoms with van der Waals surface area (Å²) in [6.07, 6.45) is 0. The Morgan fingerprint density at radius 1 is 1.14 bits per heavy atom. The van der Waals surface area contributed by atoms with Crippen LogP contribution in [0.1, 0.15) is 17.4 Å². The number of carbonyl (C=O) groups excluding carboxylic acids is 1. The van der Waals surface area contributed by atoms with Gasteiger partial charge in [-0.1, -0.05) is 12.1 Å². The predicted octanol–water partition coefficient (Wildman–Crippen LogP) is 2.46. The van der Waals surface area contributed by atoms with Gasteiger partial charge in [0, 0.05) is 31.7 Å². The van der Waals surface area contributed by atoms with Crippen molar-refractivity contribution in [1.82, 2.24) is 19.5 Å². The summed E-state index contributed by atoms with van der Waals surface area (Å²) < 4.78 is 21.1. The number of likely N-dealkylation sites (N-methyl/N-ethyl adjacent to an activating group) is 1. The maximum Gasteiger partial charge on any atom is 0.359 e. The van der Waals surface area contributed by atoms with E-state index in [0.29, 0.717) is 5.65 Å². The molecule has 0 radical (unpaired) electrons. The van der Waals surface area contributed by atoms with Crippen LogP contribution in [0.25, 0.3) is 16.9 Å². The van der Waals surface area contributed by atoms with E-state index in [1.54, 1.807) is 31.2 Å². The number of aromatic nitrogens is 3. The monoisotopic (exact) mass is 383 g/mol. The van der Waals surface area contributed by atoms with Crippen molar-refractivity contribution in [2.75, 3.05) is 44.7 Å². The molecule has 2 aromatic heterocycles. The highest BCUT2D eigenvalue weighted by Crippen LogP contribution is 2.28. The summed E-state index contributed by atoms with van der Waals surface area (Å²) in [5.41, 5.74) is 1.09. The van der Waals surface area contributed by atoms with Crippen LogP contribution in [0.4, 0.5) is 10.2 Å². The van der Waals surface area contributed by atoms with Crippen LogP contribution < -0.4 is 4.90 Å². The van der Waals surface area contributed by atoms with Crippen LogP contribution in [-0.2, 0) is 4.74 Å². The molecule has 3 aromatic rings. The molecule has 1 fully saturated rings. The van der Waals surface area contributed by atoms with Crippen molar-refractivity contribution >= 4 is 17.4 Å². The normalized spacial score (nSPS) is 15.2. The number of ether oxygens (including phenoxy) is 1. The number of rotatable bonds is 4. The largest absolute Gasteiger partial charge is 0.461 e. The van der Waals surface area contributed by atoms with E-state index in [2.05, 4.69) is 26.9 Å². The summed E-state index contributed by atoms with van der Waals surface area (Å²) in [4.78, 5) is 21.6. The van der Waals surface area contributed by atoms with Crippen molar-refractivity contribution in [3.05, 3.63) is 47.9 Å². The SMILES string of the molecule is CCOC(=O)c1c(-c2ccccc2F)nc2ccc(N3CCN(C)CC3)nn12. The zero-order valence-corrected chi connectivity index (χ0v) is 15.9. The highest BCUT2D eigenvalue weighted by molar-refractivity contribution is 5.96. The Morgan fingerprint density at radius 2 is 1.89 bits per heavy atom. The summed E-state index contributed by atoms with van der Waals surface area (Å²) in [6, 6.07) is 9.93. The molecule has 0 N–H and O–H groups in total. The fraction of sp³-hybridized carbons (Fsp3) is 0.350. The fourth-order valence-electron chi connectivity index (χ4n) is 3.35. The quantitative estimate of drug-likeness (QED) is 0.645. The van der Waals surface area contributed by atoms with Crippen molar-refractivity contribution in [3.8, 4) is 11.3 Å². The molecule has 1 aliphatic heterocycles. The smallest absolute Gasteiger partial charge is 0.359 e. The highest BCUT2D eigenvalue weighted by Gasteiger charge is 2.25. The average molecular weight is 383 g/mol. The van der Waals surface area contributed by atoms with E-state index in [1.165, 1.54) is 10.6 Å². The third kappa shape index (κ3) is 3.31. The molecule has 3 heterocycles. The van der Waals surface area contributed by atoms with Gasteiger partial charge in [0.25, 0.3) is 0 Å². The number of imidazole rings is 1. The van der Waals surface area contributed by atoms with Crippen molar-refractivity contribution in [3.63, 3.8) is 0 Å². The van der Waals surface area contributed by atoms with Crippen LogP contribution >= 0.6 is 0 Å². The number of hydrogen-bond donors (Lipinski definition) is 0. The molecule has 0 aliphatic carbocycles. The molecule has 146 valence electrons. The number of benzene rings is 1. The number of nitrogens with zero attached hydrogens (tertiary/aromatic N) is 5. The molecular weight excluding hydrogens is 361 g/mol. The molecule has 7 nitrogen and oxygen atoms in total. The molecule has 0 saturated carbocycles. The van der Waals surface area contributed by atoms with Gasteiger partial charge in [-0.2, -0.15) is 0 Å². The van der Waals surface area contributed by atoms with E-state index in [-0.39, 0.29) is 23.6 Å². The highest BCUT2D eigenvalue weighted by atomic mass is 19.1. The number of carbonyl (C=O) groups is 1. The molecule has 1 aliphatic rings. The van der Waals surface area contributed by atoms with Gasteiger partial charge in [0.1, 0.15) is 17.3 Å². The van der Waals surface area contributed by atoms with Gasteiger partial charge in [-0.05, 0) is 38.2 Å². The number of halogens is 1. The Hall–Kier alpha value is -3.00. The van der Waals surface area contributed by atoms with Crippen LogP contribution in [0, 0.1) is 5.82 Å². The molecular formula is C20H22FN5O2. The molecule has 4 rings (SSSR count). The third-order valence-electron chi connectivity index (χ3n) is 4.89. The number of esters is 1. The summed E-state index contributed by atoms with van der Waals surface area (Å²) in [6.45, 7) is 5.51. The van der Waals surface area contributed by atoms with Gasteiger partial charge in [-0.25, -0.2) is 18.7 Å². The summed E-state index contributed by atoms with van der Waals surface area (Å²) in [5.74, 6) is -0.268. The van der Waals surface area contributed by atoms with Crippen molar-refractivity contribution in [2.24, 2.45) is 0 Å². The van der Waals surface area contributed by atoms with Gasteiger partial charge in [-0.3, -0.25) is 0 Å². The minimum Gasteiger partial charge on any atom is -0.461 e. The minimum atomic E-state index is -0.573. The first-order valence-electron chi connectivity index (χ1n) is 9.33. The second-order valence-corrected chi connectivity index (χ2v) is 6.76. The van der Waals surface area contributed by atoms with Crippen molar-refractivity contribution < 1.29 is 13.9 Å². The number of anilines is 1. The van der Waals surface area contributed by atoms with Crippen molar-refractivity contribution in [1.29, 1.82) is 0 Å². The second kappa shape index (κ2) is 7.55. The first-order chi connectivity index (χ1) is 13.6. The number of piperazine rings is 1. The molecule has 8 heteroatoms. The van der Waals surface area contributed by atoms with Gasteiger partial charge in [0.2, 0.25) is 0 Å². The fourth-order valence-corrected chi connectivity index (χ4v) is 3.35. The van der Waals surface area contributed by atoms with Crippen LogP contribution in [0.3, 0.4) is 0 Å². The van der Waals surface area contributed by atoms with E-state index >= 15 is 0 Å². The number of fused-ring (bicyclic) bond motifs is 1. The molecule has 0 amide bonds. The standard InChI is InChI=1S/C20H22FN5O2/c1-3-28-20(27)19-18(14-6-4-5-7-15(14)21)22-16-8-9-17(23-26(16)19)25-12-10-24(2)11-13-25/h4-9H,3,10-13H2,1-2H3. The van der Waals surface area contributed by atoms with Gasteiger partial charge in [0.15, 0.2) is 11.3 Å². The second-order valence-electron chi connectivity index (χ2n) is 6.76. The van der Waals surface area contributed by atoms with Crippen molar-refractivity contribution in [2.45, 2.75) is 6.92 Å². The summed E-state index contributed by atoms with van der Waals surface area (Å²) in [5, 5.41) is 4.64. The lowest BCUT2D eigenvalue weighted by Gasteiger charge is -2.33. The molecule has 1 saturated heterocycles. The lowest BCUT2D eigenvalue weighted by atomic mass is 10.1. The summed E-state index contributed by atoms with van der Waals surface area (Å²) >= 11 is 0. The van der Waals surface area contributed by atoms with E-state index in [0.717, 1.165) is 32.0 Å². The van der Waals surface area contributed by atoms with Crippen LogP contribution in [-0.4, -0.2) is 65.3 Å². The average Bonchev–Trinajstić information content (AvgIpc) is 3.07. The van der Waals surface area contributed by atoms with Gasteiger partial charge >= 0.3 is 5.97 Å². The lowest BCUT2D eigenvalue weighted by Crippen LogP contribution is -2.45. The Morgan fingerprint density at radius 3 is 2.61 bits per heavy atom. The van der Waals surface area contributed by atoms with E-state index in [1.807, 2.05) is 6.07 Å². The number of hydrogen-bond acceptors (Lipinski definition) is 6. The van der Waals surface area contributed by atoms with E-state index in [9.17, 15) is 9.18 Å². The van der Waals surface area contributed by atoms with E-state index in [4.69, 9.17) is 4.74 Å². The third-order valence-corrected chi connectivity index (χ3v) is 4.89. The Bertz CT molecular complexity index is 1010. The maximum atomic E-state index is 14.4. The molecule has 0 atom stereocenters. The lowest BCUT2D eigenvalue weighted by molar-refractivity contribution is 0.0518. The Kier molecular flexibility index (Phi) is 4.95. The Labute approximate surface area is 162 Å². The molecule has 28 heavy (non-hydrogen) atoms. The first kappa shape index (κ1) is 18.4. The predicted molar refractivity (Wildman–Crippen MR) is 104 cm³/mol. The Balaban J connectivity index is 1.85. The first-order valence-corrected chi connectivity index (χ1v) is 9.33. The zero-order valence-electron chi connectivity index (χ0n) is 15.9. The molecule has 0 bridgehead atoms. The molecule has 0 spiro atoms. The van der Waals surface area contributed by atoms with Gasteiger partial charge < -0.3 is 14.5 Å². The van der Waals surface area contributed by atoms with Crippen LogP contribution in [0.2, 0.25) is 0 Å². The van der Waals surface area contributed by atoms with E-state index < -0.39 is 11.8 Å². The summed E-state index contributed by atoms with van der Waals surface area (Å²) in [7, 11) is 2.09. The topological polar surface area (TPSA) is 63.0 Å². The molecule has 1 aromatic carbocycles. The molecule has 0 unspecified atom stereocenters. The van der Waals surface area contributed by atoms with Crippen LogP contribution in [0.5, 0.6) is 0 Å². The van der Waals surface area contributed by atoms with Gasteiger partial charge in [-0.15, -0.1) is 5.10 Å².